The molecule has 0 radical (unpaired) electrons. The summed E-state index contributed by atoms with van der Waals surface area (Å²) in [4.78, 5) is 31.0. The average Bonchev–Trinajstić information content (AvgIpc) is 2.77. The molecule has 3 aromatic rings. The standard InChI is InChI=1S/C20H18Cl2N6O4/c1-2-12-5-3-4-6-15(12)25-19-18(28(30)31)20(24-11-23-19)27-26-17(29)10-32-16-8-7-13(21)9-14(16)22/h3-9,11H,2,10H2,1H3,(H,26,29)(H2,23,24,25,27). The van der Waals surface area contributed by atoms with Crippen molar-refractivity contribution in [1.82, 2.24) is 15.4 Å². The van der Waals surface area contributed by atoms with Crippen molar-refractivity contribution in [1.29, 1.82) is 0 Å². The van der Waals surface area contributed by atoms with Gasteiger partial charge in [0.15, 0.2) is 6.61 Å². The molecule has 3 rings (SSSR count). The lowest BCUT2D eigenvalue weighted by Crippen LogP contribution is -2.34. The molecule has 2 aromatic carbocycles. The Morgan fingerprint density at radius 2 is 1.91 bits per heavy atom. The first-order valence-corrected chi connectivity index (χ1v) is 10.1. The molecule has 0 aliphatic carbocycles. The number of aromatic nitrogens is 2. The number of aryl methyl sites for hydroxylation is 1. The number of anilines is 3. The van der Waals surface area contributed by atoms with Crippen molar-refractivity contribution < 1.29 is 14.5 Å². The van der Waals surface area contributed by atoms with E-state index in [1.54, 1.807) is 18.2 Å². The first kappa shape index (κ1) is 23.0. The summed E-state index contributed by atoms with van der Waals surface area (Å²) >= 11 is 11.8. The van der Waals surface area contributed by atoms with E-state index in [-0.39, 0.29) is 22.4 Å². The molecule has 0 saturated heterocycles. The van der Waals surface area contributed by atoms with Gasteiger partial charge in [-0.2, -0.15) is 0 Å². The molecule has 10 nitrogen and oxygen atoms in total. The summed E-state index contributed by atoms with van der Waals surface area (Å²) in [5.74, 6) is -0.568. The molecule has 0 saturated carbocycles. The highest BCUT2D eigenvalue weighted by molar-refractivity contribution is 6.35. The number of amides is 1. The van der Waals surface area contributed by atoms with Gasteiger partial charge in [-0.15, -0.1) is 0 Å². The van der Waals surface area contributed by atoms with E-state index in [1.807, 2.05) is 19.1 Å². The van der Waals surface area contributed by atoms with Crippen LogP contribution in [0, 0.1) is 10.1 Å². The van der Waals surface area contributed by atoms with Gasteiger partial charge in [-0.05, 0) is 36.2 Å². The fourth-order valence-corrected chi connectivity index (χ4v) is 3.18. The van der Waals surface area contributed by atoms with Gasteiger partial charge in [0.1, 0.15) is 12.1 Å². The van der Waals surface area contributed by atoms with Crippen LogP contribution in [0.4, 0.5) is 23.0 Å². The second-order valence-electron chi connectivity index (χ2n) is 6.35. The molecule has 0 unspecified atom stereocenters. The van der Waals surface area contributed by atoms with Gasteiger partial charge in [-0.25, -0.2) is 9.97 Å². The smallest absolute Gasteiger partial charge is 0.355 e. The van der Waals surface area contributed by atoms with Crippen LogP contribution in [0.15, 0.2) is 48.8 Å². The molecule has 0 atom stereocenters. The van der Waals surface area contributed by atoms with Crippen molar-refractivity contribution in [3.63, 3.8) is 0 Å². The highest BCUT2D eigenvalue weighted by Crippen LogP contribution is 2.32. The Hall–Kier alpha value is -3.63. The zero-order valence-corrected chi connectivity index (χ0v) is 18.3. The zero-order valence-electron chi connectivity index (χ0n) is 16.8. The Balaban J connectivity index is 1.70. The van der Waals surface area contributed by atoms with Gasteiger partial charge in [0.2, 0.25) is 11.6 Å². The van der Waals surface area contributed by atoms with Crippen LogP contribution in [0.3, 0.4) is 0 Å². The minimum atomic E-state index is -0.643. The predicted octanol–water partition coefficient (Wildman–Crippen LogP) is 4.52. The Labute approximate surface area is 193 Å². The summed E-state index contributed by atoms with van der Waals surface area (Å²) < 4.78 is 5.33. The molecule has 0 fully saturated rings. The molecule has 1 amide bonds. The number of halogens is 2. The predicted molar refractivity (Wildman–Crippen MR) is 122 cm³/mol. The summed E-state index contributed by atoms with van der Waals surface area (Å²) in [6.07, 6.45) is 1.86. The van der Waals surface area contributed by atoms with Gasteiger partial charge in [-0.3, -0.25) is 25.8 Å². The highest BCUT2D eigenvalue weighted by Gasteiger charge is 2.24. The lowest BCUT2D eigenvalue weighted by molar-refractivity contribution is -0.383. The zero-order chi connectivity index (χ0) is 23.1. The molecule has 166 valence electrons. The van der Waals surface area contributed by atoms with Gasteiger partial charge < -0.3 is 10.1 Å². The van der Waals surface area contributed by atoms with Crippen molar-refractivity contribution >= 4 is 52.1 Å². The Morgan fingerprint density at radius 1 is 1.16 bits per heavy atom. The van der Waals surface area contributed by atoms with E-state index in [1.165, 1.54) is 12.1 Å². The maximum atomic E-state index is 12.1. The van der Waals surface area contributed by atoms with Gasteiger partial charge in [0, 0.05) is 10.7 Å². The van der Waals surface area contributed by atoms with Crippen molar-refractivity contribution in [2.45, 2.75) is 13.3 Å². The number of hydrogen-bond acceptors (Lipinski definition) is 8. The molecule has 32 heavy (non-hydrogen) atoms. The maximum Gasteiger partial charge on any atom is 0.355 e. The summed E-state index contributed by atoms with van der Waals surface area (Å²) in [6.45, 7) is 1.57. The summed E-state index contributed by atoms with van der Waals surface area (Å²) in [5.41, 5.74) is 5.96. The third-order valence-electron chi connectivity index (χ3n) is 4.23. The van der Waals surface area contributed by atoms with Crippen molar-refractivity contribution in [3.05, 3.63) is 74.5 Å². The number of benzene rings is 2. The Bertz CT molecular complexity index is 1140. The van der Waals surface area contributed by atoms with Crippen LogP contribution in [0.1, 0.15) is 12.5 Å². The fraction of sp³-hybridized carbons (Fsp3) is 0.150. The van der Waals surface area contributed by atoms with Crippen LogP contribution in [0.5, 0.6) is 5.75 Å². The lowest BCUT2D eigenvalue weighted by Gasteiger charge is -2.13. The SMILES string of the molecule is CCc1ccccc1Nc1ncnc(NNC(=O)COc2ccc(Cl)cc2Cl)c1[N+](=O)[O-]. The minimum absolute atomic E-state index is 0.0214. The summed E-state index contributed by atoms with van der Waals surface area (Å²) in [5, 5.41) is 15.3. The second kappa shape index (κ2) is 10.6. The van der Waals surface area contributed by atoms with E-state index >= 15 is 0 Å². The first-order chi connectivity index (χ1) is 15.4. The largest absolute Gasteiger partial charge is 0.482 e. The molecule has 3 N–H and O–H groups in total. The van der Waals surface area contributed by atoms with Crippen LogP contribution in [-0.2, 0) is 11.2 Å². The topological polar surface area (TPSA) is 131 Å². The molecule has 0 aliphatic rings. The van der Waals surface area contributed by atoms with E-state index in [0.717, 1.165) is 18.3 Å². The third kappa shape index (κ3) is 5.74. The Kier molecular flexibility index (Phi) is 7.63. The molecular weight excluding hydrogens is 459 g/mol. The van der Waals surface area contributed by atoms with E-state index < -0.39 is 23.1 Å². The van der Waals surface area contributed by atoms with Crippen molar-refractivity contribution in [2.24, 2.45) is 0 Å². The normalized spacial score (nSPS) is 10.3. The number of nitrogens with zero attached hydrogens (tertiary/aromatic N) is 3. The average molecular weight is 477 g/mol. The molecule has 0 spiro atoms. The maximum absolute atomic E-state index is 12.1. The fourth-order valence-electron chi connectivity index (χ4n) is 2.71. The number of rotatable bonds is 9. The number of nitrogens with one attached hydrogen (secondary N) is 3. The molecular formula is C20H18Cl2N6O4. The number of ether oxygens (including phenoxy) is 1. The monoisotopic (exact) mass is 476 g/mol. The second-order valence-corrected chi connectivity index (χ2v) is 7.19. The molecule has 0 bridgehead atoms. The highest BCUT2D eigenvalue weighted by atomic mass is 35.5. The number of nitro groups is 1. The molecule has 1 heterocycles. The summed E-state index contributed by atoms with van der Waals surface area (Å²) in [7, 11) is 0. The molecule has 12 heteroatoms. The molecule has 1 aromatic heterocycles. The lowest BCUT2D eigenvalue weighted by atomic mass is 10.1. The summed E-state index contributed by atoms with van der Waals surface area (Å²) in [6, 6.07) is 11.9. The molecule has 0 aliphatic heterocycles. The third-order valence-corrected chi connectivity index (χ3v) is 4.76. The number of para-hydroxylation sites is 1. The van der Waals surface area contributed by atoms with Crippen LogP contribution in [0.2, 0.25) is 10.0 Å². The van der Waals surface area contributed by atoms with Gasteiger partial charge in [0.05, 0.1) is 9.95 Å². The minimum Gasteiger partial charge on any atom is -0.482 e. The van der Waals surface area contributed by atoms with Crippen molar-refractivity contribution in [3.8, 4) is 5.75 Å². The van der Waals surface area contributed by atoms with Crippen LogP contribution >= 0.6 is 23.2 Å². The van der Waals surface area contributed by atoms with Gasteiger partial charge in [0.25, 0.3) is 5.91 Å². The van der Waals surface area contributed by atoms with Crippen LogP contribution in [-0.4, -0.2) is 27.4 Å². The Morgan fingerprint density at radius 3 is 2.62 bits per heavy atom. The van der Waals surface area contributed by atoms with E-state index in [2.05, 4.69) is 26.1 Å². The van der Waals surface area contributed by atoms with E-state index in [4.69, 9.17) is 27.9 Å². The van der Waals surface area contributed by atoms with Crippen LogP contribution < -0.4 is 20.9 Å². The van der Waals surface area contributed by atoms with E-state index in [9.17, 15) is 14.9 Å². The van der Waals surface area contributed by atoms with Gasteiger partial charge in [-0.1, -0.05) is 48.3 Å². The number of hydrazine groups is 1. The quantitative estimate of drug-likeness (QED) is 0.303. The van der Waals surface area contributed by atoms with E-state index in [0.29, 0.717) is 10.7 Å². The number of carbonyl (C=O) groups is 1. The first-order valence-electron chi connectivity index (χ1n) is 9.36. The van der Waals surface area contributed by atoms with Crippen LogP contribution in [0.25, 0.3) is 0 Å². The number of hydrogen-bond donors (Lipinski definition) is 3. The van der Waals surface area contributed by atoms with Gasteiger partial charge >= 0.3 is 5.69 Å². The number of carbonyl (C=O) groups excluding carboxylic acids is 1. The van der Waals surface area contributed by atoms with Crippen molar-refractivity contribution in [2.75, 3.05) is 17.3 Å².